The van der Waals surface area contributed by atoms with Crippen LogP contribution in [0.1, 0.15) is 81.6 Å². The van der Waals surface area contributed by atoms with Crippen LogP contribution in [0.4, 0.5) is 0 Å². The summed E-state index contributed by atoms with van der Waals surface area (Å²) >= 11 is 0. The Kier molecular flexibility index (Phi) is 13.5. The van der Waals surface area contributed by atoms with Crippen molar-refractivity contribution in [3.05, 3.63) is 23.8 Å². The summed E-state index contributed by atoms with van der Waals surface area (Å²) < 4.78 is 38.7. The van der Waals surface area contributed by atoms with Crippen molar-refractivity contribution < 1.29 is 43.4 Å². The van der Waals surface area contributed by atoms with Gasteiger partial charge in [0.25, 0.3) is 0 Å². The minimum absolute atomic E-state index is 0.0318. The Labute approximate surface area is 277 Å². The van der Waals surface area contributed by atoms with Gasteiger partial charge in [-0.3, -0.25) is 4.79 Å². The maximum Gasteiger partial charge on any atom is 0.311 e. The van der Waals surface area contributed by atoms with Gasteiger partial charge < -0.3 is 43.5 Å². The monoisotopic (exact) mass is 653 g/mol. The van der Waals surface area contributed by atoms with Crippen LogP contribution >= 0.6 is 0 Å². The van der Waals surface area contributed by atoms with Gasteiger partial charge in [0.1, 0.15) is 17.8 Å². The molecule has 14 atom stereocenters. The number of methoxy groups -OCH3 is 1. The van der Waals surface area contributed by atoms with Crippen molar-refractivity contribution in [2.75, 3.05) is 34.4 Å². The van der Waals surface area contributed by atoms with E-state index >= 15 is 0 Å². The van der Waals surface area contributed by atoms with Crippen LogP contribution in [0.2, 0.25) is 0 Å². The Balaban J connectivity index is 2.24. The number of cyclic esters (lactones) is 1. The zero-order valence-electron chi connectivity index (χ0n) is 30.4. The second kappa shape index (κ2) is 15.9. The molecule has 0 radical (unpaired) electrons. The lowest BCUT2D eigenvalue weighted by Gasteiger charge is -2.49. The van der Waals surface area contributed by atoms with Crippen LogP contribution in [0, 0.1) is 23.7 Å². The molecule has 2 bridgehead atoms. The number of carbonyl (C=O) groups excluding carboxylic acids is 1. The Morgan fingerprint density at radius 3 is 2.33 bits per heavy atom. The van der Waals surface area contributed by atoms with Gasteiger partial charge in [-0.15, -0.1) is 0 Å². The lowest BCUT2D eigenvalue weighted by atomic mass is 9.72. The molecule has 0 spiro atoms. The molecule has 3 heterocycles. The minimum Gasteiger partial charge on any atom is -0.459 e. The number of nitrogens with zero attached hydrogens (tertiary/aromatic N) is 1. The highest BCUT2D eigenvalue weighted by molar-refractivity contribution is 5.73. The first-order chi connectivity index (χ1) is 21.4. The van der Waals surface area contributed by atoms with Crippen molar-refractivity contribution in [2.24, 2.45) is 23.7 Å². The van der Waals surface area contributed by atoms with E-state index in [1.165, 1.54) is 0 Å². The molecule has 10 nitrogen and oxygen atoms in total. The molecule has 0 aromatic heterocycles. The van der Waals surface area contributed by atoms with E-state index in [-0.39, 0.29) is 37.2 Å². The van der Waals surface area contributed by atoms with Crippen LogP contribution in [-0.4, -0.2) is 116 Å². The quantitative estimate of drug-likeness (QED) is 0.324. The Morgan fingerprint density at radius 2 is 1.76 bits per heavy atom. The number of likely N-dealkylation sites (N-methyl/N-ethyl adjacent to an activating group) is 1. The summed E-state index contributed by atoms with van der Waals surface area (Å²) in [5.41, 5.74) is -0.735. The maximum atomic E-state index is 13.7. The number of fused-ring (bicyclic) bond motifs is 5. The molecule has 3 aliphatic heterocycles. The number of aliphatic hydroxyl groups is 2. The molecule has 0 aromatic rings. The van der Waals surface area contributed by atoms with E-state index in [9.17, 15) is 15.0 Å². The third-order valence-electron chi connectivity index (χ3n) is 10.8. The van der Waals surface area contributed by atoms with E-state index in [1.807, 2.05) is 48.7 Å². The molecular weight excluding hydrogens is 590 g/mol. The molecule has 10 heteroatoms. The molecule has 3 aliphatic rings. The largest absolute Gasteiger partial charge is 0.459 e. The molecule has 0 aliphatic carbocycles. The number of aliphatic hydroxyl groups excluding tert-OH is 1. The van der Waals surface area contributed by atoms with Crippen molar-refractivity contribution in [3.63, 3.8) is 0 Å². The smallest absolute Gasteiger partial charge is 0.311 e. The topological polar surface area (TPSA) is 116 Å². The highest BCUT2D eigenvalue weighted by atomic mass is 16.7. The second-order valence-corrected chi connectivity index (χ2v) is 14.8. The van der Waals surface area contributed by atoms with Crippen LogP contribution in [0.25, 0.3) is 0 Å². The third kappa shape index (κ3) is 8.25. The molecule has 2 N–H and O–H groups in total. The predicted octanol–water partition coefficient (Wildman–Crippen LogP) is 4.51. The number of carbonyl (C=O) groups is 1. The molecular formula is C36H63NO9. The van der Waals surface area contributed by atoms with E-state index in [4.69, 9.17) is 28.4 Å². The summed E-state index contributed by atoms with van der Waals surface area (Å²) in [7, 11) is 5.70. The van der Waals surface area contributed by atoms with Crippen LogP contribution in [-0.2, 0) is 33.2 Å². The third-order valence-corrected chi connectivity index (χ3v) is 10.8. The summed E-state index contributed by atoms with van der Waals surface area (Å²) in [5.74, 6) is -2.39. The number of rotatable bonds is 5. The average molecular weight is 654 g/mol. The summed E-state index contributed by atoms with van der Waals surface area (Å²) in [4.78, 5) is 15.8. The molecule has 46 heavy (non-hydrogen) atoms. The first-order valence-corrected chi connectivity index (χ1v) is 17.1. The Hall–Kier alpha value is -1.37. The zero-order chi connectivity index (χ0) is 34.7. The van der Waals surface area contributed by atoms with Crippen molar-refractivity contribution in [3.8, 4) is 0 Å². The van der Waals surface area contributed by atoms with Crippen LogP contribution in [0.3, 0.4) is 0 Å². The Bertz CT molecular complexity index is 1060. The lowest BCUT2D eigenvalue weighted by Crippen LogP contribution is -2.60. The summed E-state index contributed by atoms with van der Waals surface area (Å²) in [6.07, 6.45) is -0.999. The van der Waals surface area contributed by atoms with Gasteiger partial charge in [0.05, 0.1) is 49.1 Å². The van der Waals surface area contributed by atoms with Crippen LogP contribution < -0.4 is 0 Å². The predicted molar refractivity (Wildman–Crippen MR) is 177 cm³/mol. The summed E-state index contributed by atoms with van der Waals surface area (Å²) in [5, 5.41) is 24.0. The number of hydrogen-bond acceptors (Lipinski definition) is 10. The molecule has 0 saturated carbocycles. The van der Waals surface area contributed by atoms with Gasteiger partial charge in [-0.1, -0.05) is 45.9 Å². The molecule has 0 aromatic carbocycles. The average Bonchev–Trinajstić information content (AvgIpc) is 3.00. The Morgan fingerprint density at radius 1 is 1.11 bits per heavy atom. The first kappa shape index (κ1) is 39.1. The number of ether oxygens (including phenoxy) is 6. The molecule has 1 unspecified atom stereocenters. The van der Waals surface area contributed by atoms with Crippen molar-refractivity contribution >= 4 is 5.97 Å². The van der Waals surface area contributed by atoms with E-state index in [0.717, 1.165) is 12.0 Å². The van der Waals surface area contributed by atoms with Gasteiger partial charge in [-0.2, -0.15) is 0 Å². The SMILES string of the molecule is C=C1CO[C@@H]2[C@@H](C)C(=CC)[C@H](C)C[C@@](C)(OC1)[C@H](O[C@@H]1O[C@H](C)C[C@H](N(C)C)[C@H]1OC)[C@@H](C)[C@H](O)C(C)C(=O)O[C@H](CC)[C@@]2(C)O. The fraction of sp³-hybridized carbons (Fsp3) is 0.861. The van der Waals surface area contributed by atoms with Gasteiger partial charge in [0, 0.05) is 25.0 Å². The highest BCUT2D eigenvalue weighted by Gasteiger charge is 2.52. The fourth-order valence-corrected chi connectivity index (χ4v) is 8.18. The van der Waals surface area contributed by atoms with Crippen molar-refractivity contribution in [1.29, 1.82) is 0 Å². The molecule has 3 saturated heterocycles. The van der Waals surface area contributed by atoms with E-state index < -0.39 is 65.8 Å². The van der Waals surface area contributed by atoms with Gasteiger partial charge >= 0.3 is 5.97 Å². The van der Waals surface area contributed by atoms with Crippen molar-refractivity contribution in [2.45, 2.75) is 142 Å². The maximum absolute atomic E-state index is 13.7. The molecule has 3 rings (SSSR count). The zero-order valence-corrected chi connectivity index (χ0v) is 30.4. The van der Waals surface area contributed by atoms with E-state index in [2.05, 4.69) is 31.4 Å². The highest BCUT2D eigenvalue weighted by Crippen LogP contribution is 2.43. The van der Waals surface area contributed by atoms with Crippen LogP contribution in [0.15, 0.2) is 23.8 Å². The van der Waals surface area contributed by atoms with Gasteiger partial charge in [-0.05, 0) is 79.5 Å². The van der Waals surface area contributed by atoms with Gasteiger partial charge in [-0.25, -0.2) is 0 Å². The number of esters is 1. The van der Waals surface area contributed by atoms with E-state index in [1.54, 1.807) is 21.0 Å². The van der Waals surface area contributed by atoms with Crippen molar-refractivity contribution in [1.82, 2.24) is 4.90 Å². The fourth-order valence-electron chi connectivity index (χ4n) is 8.18. The molecule has 0 amide bonds. The van der Waals surface area contributed by atoms with Gasteiger partial charge in [0.15, 0.2) is 6.29 Å². The number of allylic oxidation sites excluding steroid dienone is 1. The first-order valence-electron chi connectivity index (χ1n) is 17.1. The molecule has 266 valence electrons. The summed E-state index contributed by atoms with van der Waals surface area (Å²) in [6.45, 7) is 21.9. The normalized spacial score (nSPS) is 46.4. The minimum atomic E-state index is -1.53. The molecule has 3 fully saturated rings. The van der Waals surface area contributed by atoms with Crippen LogP contribution in [0.5, 0.6) is 0 Å². The van der Waals surface area contributed by atoms with E-state index in [0.29, 0.717) is 18.4 Å². The second-order valence-electron chi connectivity index (χ2n) is 14.8. The number of hydrogen-bond donors (Lipinski definition) is 2. The standard InChI is InChI=1S/C36H63NO9/c1-14-26-21(4)17-35(9)31(46-34-30(41-13)27(37(11)12)16-22(5)44-34)24(7)29(38)25(8)33(39)45-28(15-2)36(10,40)32(23(26)6)42-18-20(3)19-43-35/h14,21-25,27-32,34,38,40H,3,15-19H2,1-2,4-13H3/t21-,22-,23+,24+,25?,27+,28-,29+,30-,31-,32-,34+,35-,36-/m1/s1. The summed E-state index contributed by atoms with van der Waals surface area (Å²) in [6, 6.07) is 0.0368. The lowest BCUT2D eigenvalue weighted by molar-refractivity contribution is -0.306. The van der Waals surface area contributed by atoms with Gasteiger partial charge in [0.2, 0.25) is 0 Å².